The molecule has 0 radical (unpaired) electrons. The molecule has 2 aliphatic rings. The minimum absolute atomic E-state index is 0.0573. The lowest BCUT2D eigenvalue weighted by atomic mass is 9.60. The Morgan fingerprint density at radius 1 is 1.18 bits per heavy atom. The standard InChI is InChI=1S/C21H19F2N5/c1-12(2)28-6-5-16-15(9-28)19(13-3-4-17(22)18(23)7-13)14(8-24)20(27)21(16,10-25)11-26/h3-5,7,12,15,19H,6,9,27H2,1-2H3/t15-,19-/m1/s1. The molecule has 0 aromatic heterocycles. The van der Waals surface area contributed by atoms with Crippen LogP contribution < -0.4 is 5.73 Å². The van der Waals surface area contributed by atoms with Crippen LogP contribution >= 0.6 is 0 Å². The van der Waals surface area contributed by atoms with Gasteiger partial charge in [-0.1, -0.05) is 12.1 Å². The number of benzene rings is 1. The van der Waals surface area contributed by atoms with E-state index in [0.717, 1.165) is 12.1 Å². The van der Waals surface area contributed by atoms with Gasteiger partial charge < -0.3 is 5.73 Å². The van der Waals surface area contributed by atoms with Crippen LogP contribution in [-0.2, 0) is 0 Å². The molecule has 5 nitrogen and oxygen atoms in total. The Bertz CT molecular complexity index is 989. The first-order valence-corrected chi connectivity index (χ1v) is 8.93. The first kappa shape index (κ1) is 19.5. The summed E-state index contributed by atoms with van der Waals surface area (Å²) in [6.45, 7) is 5.04. The molecular formula is C21H19F2N5. The summed E-state index contributed by atoms with van der Waals surface area (Å²) in [6, 6.07) is 9.71. The van der Waals surface area contributed by atoms with Crippen molar-refractivity contribution >= 4 is 0 Å². The topological polar surface area (TPSA) is 101 Å². The van der Waals surface area contributed by atoms with Gasteiger partial charge in [0, 0.05) is 31.0 Å². The SMILES string of the molecule is CC(C)N1CC=C2[C@@H](C1)[C@H](c1ccc(F)c(F)c1)C(C#N)=C(N)C2(C#N)C#N. The van der Waals surface area contributed by atoms with Gasteiger partial charge >= 0.3 is 0 Å². The van der Waals surface area contributed by atoms with Crippen molar-refractivity contribution in [1.82, 2.24) is 4.90 Å². The third-order valence-electron chi connectivity index (χ3n) is 5.71. The highest BCUT2D eigenvalue weighted by Gasteiger charge is 2.52. The van der Waals surface area contributed by atoms with Crippen molar-refractivity contribution in [3.63, 3.8) is 0 Å². The van der Waals surface area contributed by atoms with Gasteiger partial charge in [0.15, 0.2) is 11.6 Å². The van der Waals surface area contributed by atoms with Crippen molar-refractivity contribution in [2.75, 3.05) is 13.1 Å². The van der Waals surface area contributed by atoms with Gasteiger partial charge in [0.05, 0.1) is 29.5 Å². The molecule has 0 saturated heterocycles. The summed E-state index contributed by atoms with van der Waals surface area (Å²) in [5.74, 6) is -3.10. The monoisotopic (exact) mass is 379 g/mol. The fraction of sp³-hybridized carbons (Fsp3) is 0.381. The highest BCUT2D eigenvalue weighted by atomic mass is 19.2. The third-order valence-corrected chi connectivity index (χ3v) is 5.71. The normalized spacial score (nSPS) is 24.0. The van der Waals surface area contributed by atoms with E-state index in [1.807, 2.05) is 38.1 Å². The second-order valence-corrected chi connectivity index (χ2v) is 7.38. The van der Waals surface area contributed by atoms with E-state index in [9.17, 15) is 24.6 Å². The van der Waals surface area contributed by atoms with Crippen molar-refractivity contribution in [3.8, 4) is 18.2 Å². The molecule has 1 heterocycles. The van der Waals surface area contributed by atoms with Gasteiger partial charge in [-0.15, -0.1) is 0 Å². The van der Waals surface area contributed by atoms with Gasteiger partial charge in [-0.3, -0.25) is 4.90 Å². The van der Waals surface area contributed by atoms with E-state index in [2.05, 4.69) is 4.90 Å². The average molecular weight is 379 g/mol. The highest BCUT2D eigenvalue weighted by Crippen LogP contribution is 2.52. The summed E-state index contributed by atoms with van der Waals surface area (Å²) in [4.78, 5) is 2.14. The van der Waals surface area contributed by atoms with Crippen molar-refractivity contribution in [2.24, 2.45) is 17.1 Å². The molecule has 0 amide bonds. The molecule has 0 unspecified atom stereocenters. The molecule has 0 saturated carbocycles. The lowest BCUT2D eigenvalue weighted by molar-refractivity contribution is 0.186. The van der Waals surface area contributed by atoms with E-state index in [4.69, 9.17) is 5.73 Å². The summed E-state index contributed by atoms with van der Waals surface area (Å²) < 4.78 is 27.4. The Balaban J connectivity index is 2.29. The number of nitrogens with two attached hydrogens (primary N) is 1. The molecule has 28 heavy (non-hydrogen) atoms. The van der Waals surface area contributed by atoms with E-state index >= 15 is 0 Å². The van der Waals surface area contributed by atoms with E-state index in [0.29, 0.717) is 24.2 Å². The van der Waals surface area contributed by atoms with E-state index in [-0.39, 0.29) is 17.3 Å². The van der Waals surface area contributed by atoms with Crippen LogP contribution in [0.15, 0.2) is 41.1 Å². The molecule has 2 N–H and O–H groups in total. The number of hydrogen-bond donors (Lipinski definition) is 1. The Hall–Kier alpha value is -3.21. The molecule has 1 aromatic carbocycles. The maximum absolute atomic E-state index is 13.9. The Morgan fingerprint density at radius 2 is 1.86 bits per heavy atom. The first-order valence-electron chi connectivity index (χ1n) is 8.93. The Kier molecular flexibility index (Phi) is 4.94. The van der Waals surface area contributed by atoms with Crippen molar-refractivity contribution in [2.45, 2.75) is 25.8 Å². The predicted octanol–water partition coefficient (Wildman–Crippen LogP) is 3.10. The van der Waals surface area contributed by atoms with Crippen molar-refractivity contribution < 1.29 is 8.78 Å². The zero-order chi connectivity index (χ0) is 20.6. The molecule has 142 valence electrons. The number of hydrogen-bond acceptors (Lipinski definition) is 5. The third kappa shape index (κ3) is 2.74. The molecule has 1 aliphatic carbocycles. The van der Waals surface area contributed by atoms with E-state index < -0.39 is 28.9 Å². The molecule has 0 bridgehead atoms. The number of allylic oxidation sites excluding steroid dienone is 2. The van der Waals surface area contributed by atoms with E-state index in [1.165, 1.54) is 6.07 Å². The molecular weight excluding hydrogens is 360 g/mol. The smallest absolute Gasteiger partial charge is 0.204 e. The summed E-state index contributed by atoms with van der Waals surface area (Å²) >= 11 is 0. The fourth-order valence-electron chi connectivity index (χ4n) is 4.17. The summed E-state index contributed by atoms with van der Waals surface area (Å²) in [6.07, 6.45) is 1.81. The maximum Gasteiger partial charge on any atom is 0.204 e. The largest absolute Gasteiger partial charge is 0.399 e. The second kappa shape index (κ2) is 7.08. The van der Waals surface area contributed by atoms with Crippen LogP contribution in [0.25, 0.3) is 0 Å². The van der Waals surface area contributed by atoms with Crippen LogP contribution in [0.2, 0.25) is 0 Å². The van der Waals surface area contributed by atoms with Crippen LogP contribution in [0, 0.1) is 57.0 Å². The van der Waals surface area contributed by atoms with Gasteiger partial charge in [-0.05, 0) is 37.1 Å². The summed E-state index contributed by atoms with van der Waals surface area (Å²) in [7, 11) is 0. The Morgan fingerprint density at radius 3 is 2.39 bits per heavy atom. The molecule has 1 aromatic rings. The molecule has 0 spiro atoms. The fourth-order valence-corrected chi connectivity index (χ4v) is 4.17. The lowest BCUT2D eigenvalue weighted by Crippen LogP contribution is -2.48. The molecule has 3 rings (SSSR count). The zero-order valence-electron chi connectivity index (χ0n) is 15.6. The Labute approximate surface area is 162 Å². The molecule has 2 atom stereocenters. The minimum atomic E-state index is -1.73. The zero-order valence-corrected chi connectivity index (χ0v) is 15.6. The van der Waals surface area contributed by atoms with Crippen molar-refractivity contribution in [1.29, 1.82) is 15.8 Å². The van der Waals surface area contributed by atoms with Gasteiger partial charge in [0.25, 0.3) is 0 Å². The van der Waals surface area contributed by atoms with E-state index in [1.54, 1.807) is 0 Å². The average Bonchev–Trinajstić information content (AvgIpc) is 2.69. The van der Waals surface area contributed by atoms with Crippen molar-refractivity contribution in [3.05, 3.63) is 58.3 Å². The number of nitrogens with zero attached hydrogens (tertiary/aromatic N) is 4. The van der Waals surface area contributed by atoms with Crippen LogP contribution in [0.4, 0.5) is 8.78 Å². The van der Waals surface area contributed by atoms with Gasteiger partial charge in [0.2, 0.25) is 5.41 Å². The van der Waals surface area contributed by atoms with Crippen LogP contribution in [0.5, 0.6) is 0 Å². The van der Waals surface area contributed by atoms with Crippen LogP contribution in [-0.4, -0.2) is 24.0 Å². The predicted molar refractivity (Wildman–Crippen MR) is 97.9 cm³/mol. The van der Waals surface area contributed by atoms with Gasteiger partial charge in [0.1, 0.15) is 0 Å². The quantitative estimate of drug-likeness (QED) is 0.796. The maximum atomic E-state index is 13.9. The molecule has 0 fully saturated rings. The number of rotatable bonds is 2. The summed E-state index contributed by atoms with van der Waals surface area (Å²) in [5, 5.41) is 29.4. The lowest BCUT2D eigenvalue weighted by Gasteiger charge is -2.46. The number of nitriles is 3. The highest BCUT2D eigenvalue weighted by molar-refractivity contribution is 5.58. The summed E-state index contributed by atoms with van der Waals surface area (Å²) in [5.41, 5.74) is 5.30. The first-order chi connectivity index (χ1) is 13.3. The molecule has 1 aliphatic heterocycles. The van der Waals surface area contributed by atoms with Gasteiger partial charge in [-0.2, -0.15) is 15.8 Å². The van der Waals surface area contributed by atoms with Crippen LogP contribution in [0.1, 0.15) is 25.3 Å². The minimum Gasteiger partial charge on any atom is -0.399 e. The van der Waals surface area contributed by atoms with Crippen LogP contribution in [0.3, 0.4) is 0 Å². The second-order valence-electron chi connectivity index (χ2n) is 7.38. The number of fused-ring (bicyclic) bond motifs is 1. The van der Waals surface area contributed by atoms with Gasteiger partial charge in [-0.25, -0.2) is 8.78 Å². The molecule has 7 heteroatoms. The number of halogens is 2.